The van der Waals surface area contributed by atoms with Crippen LogP contribution in [-0.2, 0) is 0 Å². The lowest BCUT2D eigenvalue weighted by Gasteiger charge is -2.11. The Kier molecular flexibility index (Phi) is 3.56. The lowest BCUT2D eigenvalue weighted by Crippen LogP contribution is -2.13. The molecule has 0 unspecified atom stereocenters. The number of benzene rings is 2. The summed E-state index contributed by atoms with van der Waals surface area (Å²) in [7, 11) is 0. The van der Waals surface area contributed by atoms with Gasteiger partial charge in [-0.05, 0) is 36.4 Å². The third-order valence-corrected chi connectivity index (χ3v) is 2.67. The van der Waals surface area contributed by atoms with Crippen LogP contribution in [0.1, 0.15) is 20.7 Å². The molecule has 0 radical (unpaired) electrons. The molecule has 0 saturated carbocycles. The van der Waals surface area contributed by atoms with Crippen LogP contribution in [0.3, 0.4) is 0 Å². The van der Waals surface area contributed by atoms with Crippen LogP contribution >= 0.6 is 0 Å². The van der Waals surface area contributed by atoms with Crippen molar-refractivity contribution in [2.75, 3.05) is 5.73 Å². The van der Waals surface area contributed by atoms with E-state index in [2.05, 4.69) is 0 Å². The summed E-state index contributed by atoms with van der Waals surface area (Å²) >= 11 is 0. The van der Waals surface area contributed by atoms with E-state index < -0.39 is 11.8 Å². The van der Waals surface area contributed by atoms with Crippen LogP contribution in [0.4, 0.5) is 5.69 Å². The number of nitrogen functional groups attached to an aromatic ring is 1. The number of rotatable bonds is 4. The van der Waals surface area contributed by atoms with Crippen LogP contribution in [0.2, 0.25) is 0 Å². The van der Waals surface area contributed by atoms with Crippen molar-refractivity contribution >= 4 is 17.5 Å². The smallest absolute Gasteiger partial charge is 0.252 e. The Labute approximate surface area is 115 Å². The number of para-hydroxylation sites is 1. The largest absolute Gasteiger partial charge is 0.454 e. The normalized spacial score (nSPS) is 10.0. The first-order chi connectivity index (χ1) is 9.49. The molecule has 6 nitrogen and oxygen atoms in total. The summed E-state index contributed by atoms with van der Waals surface area (Å²) in [6, 6.07) is 10.9. The van der Waals surface area contributed by atoms with Gasteiger partial charge in [0.05, 0.1) is 11.3 Å². The first-order valence-corrected chi connectivity index (χ1v) is 5.75. The van der Waals surface area contributed by atoms with Crippen LogP contribution in [0.15, 0.2) is 42.5 Å². The minimum Gasteiger partial charge on any atom is -0.454 e. The molecular weight excluding hydrogens is 258 g/mol. The van der Waals surface area contributed by atoms with E-state index in [4.69, 9.17) is 21.9 Å². The number of carbonyl (C=O) groups is 2. The minimum atomic E-state index is -0.638. The highest BCUT2D eigenvalue weighted by Crippen LogP contribution is 2.31. The fraction of sp³-hybridized carbons (Fsp3) is 0. The van der Waals surface area contributed by atoms with Crippen molar-refractivity contribution in [3.63, 3.8) is 0 Å². The van der Waals surface area contributed by atoms with Gasteiger partial charge in [0.25, 0.3) is 5.91 Å². The van der Waals surface area contributed by atoms with E-state index in [9.17, 15) is 9.59 Å². The summed E-state index contributed by atoms with van der Waals surface area (Å²) in [5.41, 5.74) is 17.0. The van der Waals surface area contributed by atoms with Gasteiger partial charge in [-0.2, -0.15) is 0 Å². The summed E-state index contributed by atoms with van der Waals surface area (Å²) in [6.45, 7) is 0. The van der Waals surface area contributed by atoms with Crippen molar-refractivity contribution < 1.29 is 14.3 Å². The van der Waals surface area contributed by atoms with E-state index in [0.29, 0.717) is 17.0 Å². The number of hydrogen-bond acceptors (Lipinski definition) is 4. The zero-order valence-corrected chi connectivity index (χ0v) is 10.5. The van der Waals surface area contributed by atoms with Crippen molar-refractivity contribution in [2.24, 2.45) is 11.5 Å². The van der Waals surface area contributed by atoms with E-state index in [-0.39, 0.29) is 11.3 Å². The molecule has 2 rings (SSSR count). The maximum atomic E-state index is 11.3. The van der Waals surface area contributed by atoms with Crippen molar-refractivity contribution in [3.8, 4) is 11.5 Å². The molecule has 0 aromatic heterocycles. The van der Waals surface area contributed by atoms with Crippen LogP contribution in [0.25, 0.3) is 0 Å². The number of ether oxygens (including phenoxy) is 1. The molecule has 0 fully saturated rings. The van der Waals surface area contributed by atoms with E-state index in [0.717, 1.165) is 0 Å². The second-order valence-electron chi connectivity index (χ2n) is 4.08. The quantitative estimate of drug-likeness (QED) is 0.724. The average molecular weight is 271 g/mol. The summed E-state index contributed by atoms with van der Waals surface area (Å²) in [5.74, 6) is -0.572. The molecule has 0 aliphatic carbocycles. The van der Waals surface area contributed by atoms with Crippen LogP contribution in [0.5, 0.6) is 11.5 Å². The number of primary amides is 2. The highest BCUT2D eigenvalue weighted by Gasteiger charge is 2.13. The number of anilines is 1. The second-order valence-corrected chi connectivity index (χ2v) is 4.08. The minimum absolute atomic E-state index is 0.184. The number of amides is 2. The van der Waals surface area contributed by atoms with E-state index >= 15 is 0 Å². The standard InChI is InChI=1S/C14H13N3O3/c15-11-3-1-2-10(14(17)19)12(11)20-9-6-4-8(5-7-9)13(16)18/h1-7H,15H2,(H2,16,18)(H2,17,19). The van der Waals surface area contributed by atoms with E-state index in [1.165, 1.54) is 18.2 Å². The summed E-state index contributed by atoms with van der Waals surface area (Å²) in [5, 5.41) is 0. The van der Waals surface area contributed by atoms with Crippen molar-refractivity contribution in [1.29, 1.82) is 0 Å². The van der Waals surface area contributed by atoms with Crippen LogP contribution in [-0.4, -0.2) is 11.8 Å². The lowest BCUT2D eigenvalue weighted by molar-refractivity contribution is 0.0991. The van der Waals surface area contributed by atoms with Crippen molar-refractivity contribution in [3.05, 3.63) is 53.6 Å². The van der Waals surface area contributed by atoms with Crippen LogP contribution in [0, 0.1) is 0 Å². The maximum Gasteiger partial charge on any atom is 0.252 e. The molecule has 0 aliphatic rings. The third kappa shape index (κ3) is 2.69. The van der Waals surface area contributed by atoms with Crippen LogP contribution < -0.4 is 21.9 Å². The number of carbonyl (C=O) groups excluding carboxylic acids is 2. The third-order valence-electron chi connectivity index (χ3n) is 2.67. The average Bonchev–Trinajstić information content (AvgIpc) is 2.41. The van der Waals surface area contributed by atoms with Gasteiger partial charge < -0.3 is 21.9 Å². The van der Waals surface area contributed by atoms with Crippen molar-refractivity contribution in [1.82, 2.24) is 0 Å². The molecular formula is C14H13N3O3. The molecule has 0 aliphatic heterocycles. The molecule has 0 spiro atoms. The zero-order chi connectivity index (χ0) is 14.7. The molecule has 0 saturated heterocycles. The van der Waals surface area contributed by atoms with E-state index in [1.807, 2.05) is 0 Å². The van der Waals surface area contributed by atoms with Crippen molar-refractivity contribution in [2.45, 2.75) is 0 Å². The highest BCUT2D eigenvalue weighted by molar-refractivity contribution is 5.97. The Balaban J connectivity index is 2.34. The first kappa shape index (κ1) is 13.4. The molecule has 2 amide bonds. The molecule has 0 bridgehead atoms. The Morgan fingerprint density at radius 3 is 2.10 bits per heavy atom. The fourth-order valence-corrected chi connectivity index (χ4v) is 1.67. The van der Waals surface area contributed by atoms with Gasteiger partial charge in [-0.25, -0.2) is 0 Å². The topological polar surface area (TPSA) is 121 Å². The molecule has 2 aromatic rings. The Bertz CT molecular complexity index is 666. The Hall–Kier alpha value is -3.02. The van der Waals surface area contributed by atoms with Gasteiger partial charge in [0.1, 0.15) is 5.75 Å². The highest BCUT2D eigenvalue weighted by atomic mass is 16.5. The maximum absolute atomic E-state index is 11.3. The molecule has 6 N–H and O–H groups in total. The molecule has 6 heteroatoms. The second kappa shape index (κ2) is 5.31. The monoisotopic (exact) mass is 271 g/mol. The number of hydrogen-bond donors (Lipinski definition) is 3. The van der Waals surface area contributed by atoms with Gasteiger partial charge in [-0.3, -0.25) is 9.59 Å². The molecule has 0 atom stereocenters. The SMILES string of the molecule is NC(=O)c1ccc(Oc2c(N)cccc2C(N)=O)cc1. The Morgan fingerprint density at radius 2 is 1.55 bits per heavy atom. The van der Waals surface area contributed by atoms with Gasteiger partial charge >= 0.3 is 0 Å². The predicted octanol–water partition coefficient (Wildman–Crippen LogP) is 1.26. The summed E-state index contributed by atoms with van der Waals surface area (Å²) < 4.78 is 5.56. The molecule has 2 aromatic carbocycles. The van der Waals surface area contributed by atoms with Gasteiger partial charge in [0.2, 0.25) is 5.91 Å². The fourth-order valence-electron chi connectivity index (χ4n) is 1.67. The molecule has 20 heavy (non-hydrogen) atoms. The molecule has 0 heterocycles. The summed E-state index contributed by atoms with van der Waals surface area (Å²) in [6.07, 6.45) is 0. The summed E-state index contributed by atoms with van der Waals surface area (Å²) in [4.78, 5) is 22.3. The van der Waals surface area contributed by atoms with E-state index in [1.54, 1.807) is 24.3 Å². The number of nitrogens with two attached hydrogens (primary N) is 3. The lowest BCUT2D eigenvalue weighted by atomic mass is 10.1. The predicted molar refractivity (Wildman–Crippen MR) is 74.4 cm³/mol. The van der Waals surface area contributed by atoms with Gasteiger partial charge in [0, 0.05) is 5.56 Å². The Morgan fingerprint density at radius 1 is 0.900 bits per heavy atom. The first-order valence-electron chi connectivity index (χ1n) is 5.75. The van der Waals surface area contributed by atoms with Gasteiger partial charge in [0.15, 0.2) is 5.75 Å². The zero-order valence-electron chi connectivity index (χ0n) is 10.5. The van der Waals surface area contributed by atoms with Gasteiger partial charge in [-0.15, -0.1) is 0 Å². The molecule has 102 valence electrons. The van der Waals surface area contributed by atoms with Gasteiger partial charge in [-0.1, -0.05) is 6.07 Å².